The van der Waals surface area contributed by atoms with Crippen molar-refractivity contribution in [2.24, 2.45) is 0 Å². The van der Waals surface area contributed by atoms with E-state index < -0.39 is 0 Å². The van der Waals surface area contributed by atoms with Crippen LogP contribution in [0.4, 0.5) is 5.69 Å². The second-order valence-electron chi connectivity index (χ2n) is 4.78. The third kappa shape index (κ3) is 3.42. The molecule has 0 aromatic carbocycles. The molecule has 0 bridgehead atoms. The van der Waals surface area contributed by atoms with Gasteiger partial charge in [-0.05, 0) is 32.0 Å². The van der Waals surface area contributed by atoms with Gasteiger partial charge in [-0.15, -0.1) is 0 Å². The molecule has 0 atom stereocenters. The Balaban J connectivity index is 2.12. The minimum Gasteiger partial charge on any atom is -0.397 e. The highest BCUT2D eigenvalue weighted by Crippen LogP contribution is 2.16. The molecule has 0 aliphatic carbocycles. The fourth-order valence-corrected chi connectivity index (χ4v) is 2.18. The zero-order valence-corrected chi connectivity index (χ0v) is 11.3. The maximum atomic E-state index is 7.52. The van der Waals surface area contributed by atoms with Crippen LogP contribution in [-0.4, -0.2) is 36.5 Å². The van der Waals surface area contributed by atoms with Crippen LogP contribution in [-0.2, 0) is 0 Å². The fourth-order valence-electron chi connectivity index (χ4n) is 2.18. The van der Waals surface area contributed by atoms with Gasteiger partial charge in [-0.1, -0.05) is 0 Å². The number of piperidine rings is 1. The number of nitrogens with two attached hydrogens (primary N) is 1. The van der Waals surface area contributed by atoms with Crippen LogP contribution in [0.1, 0.15) is 24.1 Å². The molecule has 1 saturated heterocycles. The maximum Gasteiger partial charge on any atom is 0.103 e. The smallest absolute Gasteiger partial charge is 0.103 e. The van der Waals surface area contributed by atoms with Crippen LogP contribution < -0.4 is 16.4 Å². The summed E-state index contributed by atoms with van der Waals surface area (Å²) < 4.78 is 0. The predicted molar refractivity (Wildman–Crippen MR) is 82.3 cm³/mol. The lowest BCUT2D eigenvalue weighted by molar-refractivity contribution is 0.420. The number of aromatic nitrogens is 1. The van der Waals surface area contributed by atoms with Crippen molar-refractivity contribution in [3.8, 4) is 0 Å². The molecule has 0 amide bonds. The monoisotopic (exact) mass is 272 g/mol. The predicted octanol–water partition coefficient (Wildman–Crippen LogP) is 0.994. The van der Waals surface area contributed by atoms with Gasteiger partial charge in [0.05, 0.1) is 5.69 Å². The minimum absolute atomic E-state index is 0.442. The van der Waals surface area contributed by atoms with E-state index in [1.54, 1.807) is 12.3 Å². The first-order valence-corrected chi connectivity index (χ1v) is 6.68. The van der Waals surface area contributed by atoms with Crippen LogP contribution >= 0.6 is 0 Å². The quantitative estimate of drug-likeness (QED) is 0.515. The van der Waals surface area contributed by atoms with E-state index in [0.29, 0.717) is 17.4 Å². The van der Waals surface area contributed by atoms with Crippen molar-refractivity contribution in [3.63, 3.8) is 0 Å². The molecule has 1 aromatic rings. The Morgan fingerprint density at radius 3 is 2.75 bits per heavy atom. The fraction of sp³-hybridized carbons (Fsp3) is 0.357. The summed E-state index contributed by atoms with van der Waals surface area (Å²) in [6, 6.07) is 2.19. The maximum absolute atomic E-state index is 7.52. The van der Waals surface area contributed by atoms with Crippen molar-refractivity contribution in [3.05, 3.63) is 29.7 Å². The van der Waals surface area contributed by atoms with Crippen LogP contribution in [0.3, 0.4) is 0 Å². The molecule has 2 heterocycles. The molecule has 1 fully saturated rings. The van der Waals surface area contributed by atoms with Gasteiger partial charge < -0.3 is 27.2 Å². The van der Waals surface area contributed by atoms with E-state index in [1.165, 1.54) is 6.21 Å². The minimum atomic E-state index is 0.442. The topological polar surface area (TPSA) is 111 Å². The van der Waals surface area contributed by atoms with Crippen molar-refractivity contribution in [1.29, 1.82) is 10.8 Å². The number of nitrogens with one attached hydrogen (secondary N) is 4. The number of hydrogen-bond acceptors (Lipinski definition) is 6. The zero-order chi connectivity index (χ0) is 14.4. The summed E-state index contributed by atoms with van der Waals surface area (Å²) in [5.41, 5.74) is 8.24. The van der Waals surface area contributed by atoms with Gasteiger partial charge in [-0.25, -0.2) is 0 Å². The Morgan fingerprint density at radius 2 is 2.15 bits per heavy atom. The van der Waals surface area contributed by atoms with Crippen molar-refractivity contribution in [2.75, 3.05) is 18.8 Å². The van der Waals surface area contributed by atoms with Crippen LogP contribution in [0, 0.1) is 10.8 Å². The van der Waals surface area contributed by atoms with Gasteiger partial charge in [0, 0.05) is 42.0 Å². The summed E-state index contributed by atoms with van der Waals surface area (Å²) in [5, 5.41) is 21.4. The van der Waals surface area contributed by atoms with Crippen LogP contribution in [0.25, 0.3) is 5.57 Å². The Hall–Kier alpha value is -2.21. The molecule has 6 heteroatoms. The summed E-state index contributed by atoms with van der Waals surface area (Å²) in [6.07, 6.45) is 8.06. The van der Waals surface area contributed by atoms with Crippen LogP contribution in [0.5, 0.6) is 0 Å². The van der Waals surface area contributed by atoms with Gasteiger partial charge in [0.2, 0.25) is 0 Å². The van der Waals surface area contributed by atoms with E-state index in [9.17, 15) is 0 Å². The van der Waals surface area contributed by atoms with Crippen molar-refractivity contribution in [2.45, 2.75) is 18.9 Å². The van der Waals surface area contributed by atoms with E-state index in [-0.39, 0.29) is 0 Å². The van der Waals surface area contributed by atoms with Crippen molar-refractivity contribution in [1.82, 2.24) is 15.6 Å². The molecule has 0 unspecified atom stereocenters. The van der Waals surface area contributed by atoms with E-state index >= 15 is 0 Å². The Morgan fingerprint density at radius 1 is 1.40 bits per heavy atom. The van der Waals surface area contributed by atoms with Crippen molar-refractivity contribution >= 4 is 23.7 Å². The summed E-state index contributed by atoms with van der Waals surface area (Å²) in [4.78, 5) is 4.11. The zero-order valence-electron chi connectivity index (χ0n) is 11.3. The number of allylic oxidation sites excluding steroid dienone is 1. The van der Waals surface area contributed by atoms with Crippen molar-refractivity contribution < 1.29 is 0 Å². The lowest BCUT2D eigenvalue weighted by atomic mass is 10.1. The lowest BCUT2D eigenvalue weighted by Crippen LogP contribution is -2.37. The molecule has 0 spiro atoms. The highest BCUT2D eigenvalue weighted by molar-refractivity contribution is 6.08. The van der Waals surface area contributed by atoms with Gasteiger partial charge in [0.1, 0.15) is 5.69 Å². The largest absolute Gasteiger partial charge is 0.397 e. The number of anilines is 1. The van der Waals surface area contributed by atoms with Gasteiger partial charge in [-0.2, -0.15) is 0 Å². The molecule has 0 saturated carbocycles. The SMILES string of the molecule is N=C/C(=C\NC1CCNCC1)c1cnc(C=N)c(N)c1. The molecule has 6 N–H and O–H groups in total. The summed E-state index contributed by atoms with van der Waals surface area (Å²) in [5.74, 6) is 0. The molecule has 106 valence electrons. The Labute approximate surface area is 118 Å². The van der Waals surface area contributed by atoms with Gasteiger partial charge in [0.15, 0.2) is 0 Å². The molecular weight excluding hydrogens is 252 g/mol. The van der Waals surface area contributed by atoms with Crippen LogP contribution in [0.2, 0.25) is 0 Å². The first-order chi connectivity index (χ1) is 9.74. The summed E-state index contributed by atoms with van der Waals surface area (Å²) in [7, 11) is 0. The standard InChI is InChI=1S/C14H20N6/c15-6-11(9-19-12-1-3-18-4-2-12)10-5-13(17)14(7-16)20-8-10/h5-9,12,15-16,18-19H,1-4,17H2/b11-9+,15-6?,16-7?. The Kier molecular flexibility index (Phi) is 4.84. The first-order valence-electron chi connectivity index (χ1n) is 6.68. The number of nitrogens with zero attached hydrogens (tertiary/aromatic N) is 1. The Bertz CT molecular complexity index is 516. The third-order valence-electron chi connectivity index (χ3n) is 3.39. The number of hydrogen-bond donors (Lipinski definition) is 5. The normalized spacial score (nSPS) is 16.7. The van der Waals surface area contributed by atoms with Gasteiger partial charge in [-0.3, -0.25) is 4.98 Å². The number of pyridine rings is 1. The second-order valence-corrected chi connectivity index (χ2v) is 4.78. The van der Waals surface area contributed by atoms with E-state index in [4.69, 9.17) is 16.6 Å². The summed E-state index contributed by atoms with van der Waals surface area (Å²) >= 11 is 0. The average molecular weight is 272 g/mol. The third-order valence-corrected chi connectivity index (χ3v) is 3.39. The van der Waals surface area contributed by atoms with E-state index in [2.05, 4.69) is 15.6 Å². The molecular formula is C14H20N6. The average Bonchev–Trinajstić information content (AvgIpc) is 2.49. The molecule has 20 heavy (non-hydrogen) atoms. The lowest BCUT2D eigenvalue weighted by Gasteiger charge is -2.23. The number of nitrogen functional groups attached to an aromatic ring is 1. The summed E-state index contributed by atoms with van der Waals surface area (Å²) in [6.45, 7) is 2.04. The van der Waals surface area contributed by atoms with Gasteiger partial charge in [0.25, 0.3) is 0 Å². The van der Waals surface area contributed by atoms with Gasteiger partial charge >= 0.3 is 0 Å². The molecule has 6 nitrogen and oxygen atoms in total. The van der Waals surface area contributed by atoms with E-state index in [0.717, 1.165) is 43.3 Å². The number of rotatable bonds is 5. The second kappa shape index (κ2) is 6.81. The molecule has 0 radical (unpaired) electrons. The highest BCUT2D eigenvalue weighted by Gasteiger charge is 2.11. The molecule has 1 aromatic heterocycles. The first kappa shape index (κ1) is 14.2. The van der Waals surface area contributed by atoms with E-state index in [1.807, 2.05) is 6.20 Å². The highest BCUT2D eigenvalue weighted by atomic mass is 15.0. The molecule has 1 aliphatic rings. The molecule has 1 aliphatic heterocycles. The van der Waals surface area contributed by atoms with Crippen LogP contribution in [0.15, 0.2) is 18.5 Å². The molecule has 2 rings (SSSR count).